The molecule has 1 aromatic carbocycles. The summed E-state index contributed by atoms with van der Waals surface area (Å²) in [6.45, 7) is 4.10. The van der Waals surface area contributed by atoms with E-state index in [0.717, 1.165) is 44.6 Å². The summed E-state index contributed by atoms with van der Waals surface area (Å²) in [5.41, 5.74) is 1.18. The summed E-state index contributed by atoms with van der Waals surface area (Å²) < 4.78 is 16.5. The predicted molar refractivity (Wildman–Crippen MR) is 150 cm³/mol. The van der Waals surface area contributed by atoms with Crippen molar-refractivity contribution in [3.63, 3.8) is 0 Å². The van der Waals surface area contributed by atoms with Gasteiger partial charge in [0.1, 0.15) is 24.9 Å². The van der Waals surface area contributed by atoms with Gasteiger partial charge in [0.2, 0.25) is 17.7 Å². The number of methoxy groups -OCH3 is 1. The molecule has 0 bridgehead atoms. The first-order valence-electron chi connectivity index (χ1n) is 14.4. The topological polar surface area (TPSA) is 104 Å². The van der Waals surface area contributed by atoms with Gasteiger partial charge in [-0.2, -0.15) is 0 Å². The molecule has 1 aromatic rings. The first-order chi connectivity index (χ1) is 19.4. The largest absolute Gasteiger partial charge is 0.497 e. The number of carbonyl (C=O) groups is 3. The van der Waals surface area contributed by atoms with Crippen molar-refractivity contribution >= 4 is 17.7 Å². The maximum absolute atomic E-state index is 13.7. The van der Waals surface area contributed by atoms with Crippen LogP contribution in [-0.4, -0.2) is 136 Å². The average molecular weight is 560 g/mol. The van der Waals surface area contributed by atoms with Crippen molar-refractivity contribution in [1.82, 2.24) is 24.9 Å². The number of likely N-dealkylation sites (tertiary alicyclic amines) is 1. The highest BCUT2D eigenvalue weighted by Crippen LogP contribution is 2.24. The number of nitrogens with zero attached hydrogens (tertiary/aromatic N) is 4. The van der Waals surface area contributed by atoms with Crippen molar-refractivity contribution in [3.8, 4) is 5.75 Å². The second kappa shape index (κ2) is 14.8. The summed E-state index contributed by atoms with van der Waals surface area (Å²) in [5.74, 6) is 0.290. The zero-order chi connectivity index (χ0) is 28.5. The summed E-state index contributed by atoms with van der Waals surface area (Å²) in [6, 6.07) is 7.63. The lowest BCUT2D eigenvalue weighted by Crippen LogP contribution is -2.59. The molecular weight excluding hydrogens is 514 g/mol. The van der Waals surface area contributed by atoms with E-state index in [2.05, 4.69) is 21.2 Å². The molecule has 3 aliphatic heterocycles. The van der Waals surface area contributed by atoms with Gasteiger partial charge in [0.25, 0.3) is 0 Å². The van der Waals surface area contributed by atoms with E-state index < -0.39 is 6.04 Å². The molecule has 1 N–H and O–H groups in total. The minimum atomic E-state index is -0.573. The number of nitrogens with one attached hydrogen (secondary N) is 1. The molecule has 3 saturated heterocycles. The van der Waals surface area contributed by atoms with Crippen molar-refractivity contribution < 1.29 is 28.6 Å². The number of hydrogen-bond acceptors (Lipinski definition) is 8. The molecule has 0 radical (unpaired) electrons. The second-order valence-electron chi connectivity index (χ2n) is 11.1. The van der Waals surface area contributed by atoms with Gasteiger partial charge in [0.15, 0.2) is 0 Å². The van der Waals surface area contributed by atoms with Gasteiger partial charge in [0, 0.05) is 44.8 Å². The molecular formula is C29H45N5O6. The van der Waals surface area contributed by atoms with Crippen LogP contribution in [0, 0.1) is 0 Å². The van der Waals surface area contributed by atoms with Crippen LogP contribution in [0.5, 0.6) is 5.75 Å². The van der Waals surface area contributed by atoms with Crippen LogP contribution in [0.1, 0.15) is 31.2 Å². The van der Waals surface area contributed by atoms with Crippen LogP contribution in [0.2, 0.25) is 0 Å². The normalized spacial score (nSPS) is 25.2. The van der Waals surface area contributed by atoms with Crippen LogP contribution in [0.3, 0.4) is 0 Å². The van der Waals surface area contributed by atoms with Crippen LogP contribution in [0.25, 0.3) is 0 Å². The fourth-order valence-electron chi connectivity index (χ4n) is 5.86. The molecule has 3 fully saturated rings. The van der Waals surface area contributed by atoms with Crippen molar-refractivity contribution in [2.75, 3.05) is 80.4 Å². The molecule has 0 aromatic heterocycles. The molecule has 0 unspecified atom stereocenters. The Hall–Kier alpha value is -2.73. The van der Waals surface area contributed by atoms with Gasteiger partial charge in [-0.3, -0.25) is 19.3 Å². The molecule has 3 amide bonds. The number of hydrogen-bond donors (Lipinski definition) is 1. The van der Waals surface area contributed by atoms with E-state index in [1.165, 1.54) is 5.56 Å². The first-order valence-corrected chi connectivity index (χ1v) is 14.4. The summed E-state index contributed by atoms with van der Waals surface area (Å²) in [4.78, 5) is 48.1. The third-order valence-corrected chi connectivity index (χ3v) is 8.24. The highest BCUT2D eigenvalue weighted by atomic mass is 16.5. The highest BCUT2D eigenvalue weighted by Gasteiger charge is 2.39. The Morgan fingerprint density at radius 3 is 2.50 bits per heavy atom. The second-order valence-corrected chi connectivity index (χ2v) is 11.1. The molecule has 222 valence electrons. The number of piperidine rings is 2. The van der Waals surface area contributed by atoms with Gasteiger partial charge in [-0.25, -0.2) is 0 Å². The van der Waals surface area contributed by atoms with Crippen LogP contribution < -0.4 is 10.1 Å². The zero-order valence-electron chi connectivity index (χ0n) is 24.2. The lowest BCUT2D eigenvalue weighted by atomic mass is 9.95. The Bertz CT molecular complexity index is 999. The SMILES string of the molecule is COc1cccc(CN2CCC(N3CC(=O)N4CC[C@@H](N(C)C)C[C@H]4C(=O)NCCOCCOCC3=O)CC2)c1. The van der Waals surface area contributed by atoms with Gasteiger partial charge >= 0.3 is 0 Å². The van der Waals surface area contributed by atoms with Gasteiger partial charge < -0.3 is 34.2 Å². The van der Waals surface area contributed by atoms with Gasteiger partial charge in [-0.05, 0) is 57.5 Å². The maximum Gasteiger partial charge on any atom is 0.249 e. The first kappa shape index (κ1) is 30.2. The number of benzene rings is 1. The molecule has 3 aliphatic rings. The van der Waals surface area contributed by atoms with Gasteiger partial charge in [-0.1, -0.05) is 12.1 Å². The standard InChI is InChI=1S/C29H45N5O6/c1-31(2)24-9-13-33-26(18-24)29(37)30-10-14-39-15-16-40-21-28(36)34(20-27(33)35)23-7-11-32(12-8-23)19-22-5-4-6-25(17-22)38-3/h4-6,17,23-24,26H,7-16,18-21H2,1-3H3,(H,30,37)/t24-,26+/m1/s1. The third kappa shape index (κ3) is 8.15. The van der Waals surface area contributed by atoms with E-state index >= 15 is 0 Å². The summed E-state index contributed by atoms with van der Waals surface area (Å²) >= 11 is 0. The fraction of sp³-hybridized carbons (Fsp3) is 0.690. The van der Waals surface area contributed by atoms with Crippen LogP contribution in [0.15, 0.2) is 24.3 Å². The van der Waals surface area contributed by atoms with E-state index in [-0.39, 0.29) is 49.6 Å². The molecule has 0 aliphatic carbocycles. The lowest BCUT2D eigenvalue weighted by molar-refractivity contribution is -0.150. The Kier molecular flexibility index (Phi) is 11.2. The quantitative estimate of drug-likeness (QED) is 0.559. The zero-order valence-corrected chi connectivity index (χ0v) is 24.2. The van der Waals surface area contributed by atoms with Crippen molar-refractivity contribution in [2.24, 2.45) is 0 Å². The monoisotopic (exact) mass is 559 g/mol. The van der Waals surface area contributed by atoms with E-state index in [9.17, 15) is 14.4 Å². The minimum absolute atomic E-state index is 0.0460. The molecule has 0 saturated carbocycles. The molecule has 11 nitrogen and oxygen atoms in total. The van der Waals surface area contributed by atoms with Crippen molar-refractivity contribution in [1.29, 1.82) is 0 Å². The summed E-state index contributed by atoms with van der Waals surface area (Å²) in [6.07, 6.45) is 2.87. The maximum atomic E-state index is 13.7. The highest BCUT2D eigenvalue weighted by molar-refractivity contribution is 5.90. The molecule has 11 heteroatoms. The van der Waals surface area contributed by atoms with E-state index in [1.54, 1.807) is 16.9 Å². The summed E-state index contributed by atoms with van der Waals surface area (Å²) in [5, 5.41) is 2.94. The Balaban J connectivity index is 1.45. The van der Waals surface area contributed by atoms with Crippen molar-refractivity contribution in [3.05, 3.63) is 29.8 Å². The fourth-order valence-corrected chi connectivity index (χ4v) is 5.86. The summed E-state index contributed by atoms with van der Waals surface area (Å²) in [7, 11) is 5.67. The molecule has 4 rings (SSSR count). The van der Waals surface area contributed by atoms with E-state index in [0.29, 0.717) is 32.7 Å². The van der Waals surface area contributed by atoms with Gasteiger partial charge in [-0.15, -0.1) is 0 Å². The number of amides is 3. The molecule has 40 heavy (non-hydrogen) atoms. The van der Waals surface area contributed by atoms with Crippen LogP contribution >= 0.6 is 0 Å². The smallest absolute Gasteiger partial charge is 0.249 e. The molecule has 2 atom stereocenters. The number of ether oxygens (including phenoxy) is 3. The lowest BCUT2D eigenvalue weighted by Gasteiger charge is -2.43. The van der Waals surface area contributed by atoms with E-state index in [1.807, 2.05) is 32.3 Å². The number of fused-ring (bicyclic) bond motifs is 1. The van der Waals surface area contributed by atoms with Crippen LogP contribution in [-0.2, 0) is 30.4 Å². The average Bonchev–Trinajstić information content (AvgIpc) is 2.97. The predicted octanol–water partition coefficient (Wildman–Crippen LogP) is 0.572. The van der Waals surface area contributed by atoms with Gasteiger partial charge in [0.05, 0.1) is 26.9 Å². The Morgan fingerprint density at radius 2 is 1.75 bits per heavy atom. The minimum Gasteiger partial charge on any atom is -0.497 e. The van der Waals surface area contributed by atoms with Crippen LogP contribution in [0.4, 0.5) is 0 Å². The molecule has 3 heterocycles. The van der Waals surface area contributed by atoms with Crippen molar-refractivity contribution in [2.45, 2.75) is 50.4 Å². The third-order valence-electron chi connectivity index (χ3n) is 8.24. The Labute approximate surface area is 237 Å². The van der Waals surface area contributed by atoms with E-state index in [4.69, 9.17) is 14.2 Å². The Morgan fingerprint density at radius 1 is 0.975 bits per heavy atom. The number of carbonyl (C=O) groups excluding carboxylic acids is 3. The molecule has 0 spiro atoms. The number of rotatable bonds is 5.